The van der Waals surface area contributed by atoms with Crippen molar-refractivity contribution in [1.82, 2.24) is 4.90 Å². The Kier molecular flexibility index (Phi) is 7.34. The van der Waals surface area contributed by atoms with Gasteiger partial charge in [0.1, 0.15) is 11.5 Å². The molecule has 0 aliphatic heterocycles. The third kappa shape index (κ3) is 6.30. The first kappa shape index (κ1) is 21.8. The Morgan fingerprint density at radius 3 is 1.81 bits per heavy atom. The van der Waals surface area contributed by atoms with Gasteiger partial charge in [-0.3, -0.25) is 4.90 Å². The van der Waals surface area contributed by atoms with Gasteiger partial charge >= 0.3 is 0 Å². The monoisotopic (exact) mass is 422 g/mol. The summed E-state index contributed by atoms with van der Waals surface area (Å²) >= 11 is 0. The van der Waals surface area contributed by atoms with Gasteiger partial charge in [0.2, 0.25) is 0 Å². The molecule has 0 heterocycles. The smallest absolute Gasteiger partial charge is 0.127 e. The second kappa shape index (κ2) is 10.8. The molecule has 0 fully saturated rings. The number of nitrogens with two attached hydrogens (primary N) is 1. The average Bonchev–Trinajstić information content (AvgIpc) is 2.82. The molecule has 4 aromatic carbocycles. The minimum absolute atomic E-state index is 0.564. The van der Waals surface area contributed by atoms with Crippen LogP contribution in [0.1, 0.15) is 27.8 Å². The summed E-state index contributed by atoms with van der Waals surface area (Å²) in [7, 11) is 0. The van der Waals surface area contributed by atoms with Gasteiger partial charge in [-0.25, -0.2) is 0 Å². The summed E-state index contributed by atoms with van der Waals surface area (Å²) in [6, 6.07) is 35.6. The highest BCUT2D eigenvalue weighted by molar-refractivity contribution is 5.33. The lowest BCUT2D eigenvalue weighted by Gasteiger charge is -2.23. The van der Waals surface area contributed by atoms with Gasteiger partial charge in [-0.05, 0) is 53.4 Å². The number of hydrogen-bond acceptors (Lipinski definition) is 3. The molecular weight excluding hydrogens is 392 g/mol. The summed E-state index contributed by atoms with van der Waals surface area (Å²) in [5, 5.41) is 0. The second-order valence-electron chi connectivity index (χ2n) is 8.21. The van der Waals surface area contributed by atoms with Crippen molar-refractivity contribution < 1.29 is 4.74 Å². The Balaban J connectivity index is 1.49. The van der Waals surface area contributed by atoms with Crippen LogP contribution in [0.2, 0.25) is 0 Å². The maximum Gasteiger partial charge on any atom is 0.127 e. The van der Waals surface area contributed by atoms with Crippen LogP contribution < -0.4 is 10.5 Å². The van der Waals surface area contributed by atoms with Crippen LogP contribution in [-0.2, 0) is 26.2 Å². The van der Waals surface area contributed by atoms with Gasteiger partial charge in [0.05, 0.1) is 0 Å². The molecule has 0 amide bonds. The minimum Gasteiger partial charge on any atom is -0.457 e. The maximum absolute atomic E-state index is 5.94. The third-order valence-electron chi connectivity index (χ3n) is 5.47. The predicted octanol–water partition coefficient (Wildman–Crippen LogP) is 6.45. The highest BCUT2D eigenvalue weighted by Crippen LogP contribution is 2.22. The van der Waals surface area contributed by atoms with Crippen molar-refractivity contribution in [2.24, 2.45) is 5.73 Å². The summed E-state index contributed by atoms with van der Waals surface area (Å²) in [6.45, 7) is 5.29. The molecular formula is C29H30N2O. The summed E-state index contributed by atoms with van der Waals surface area (Å²) in [5.41, 5.74) is 12.2. The highest BCUT2D eigenvalue weighted by atomic mass is 16.5. The van der Waals surface area contributed by atoms with E-state index in [-0.39, 0.29) is 0 Å². The van der Waals surface area contributed by atoms with Gasteiger partial charge in [-0.1, -0.05) is 84.4 Å². The predicted molar refractivity (Wildman–Crippen MR) is 131 cm³/mol. The Morgan fingerprint density at radius 2 is 1.16 bits per heavy atom. The first-order chi connectivity index (χ1) is 15.7. The average molecular weight is 423 g/mol. The Bertz CT molecular complexity index is 1110. The van der Waals surface area contributed by atoms with E-state index in [4.69, 9.17) is 10.5 Å². The molecule has 0 unspecified atom stereocenters. The van der Waals surface area contributed by atoms with E-state index in [2.05, 4.69) is 72.5 Å². The molecule has 162 valence electrons. The highest BCUT2D eigenvalue weighted by Gasteiger charge is 2.10. The molecule has 0 aliphatic rings. The van der Waals surface area contributed by atoms with E-state index in [9.17, 15) is 0 Å². The van der Waals surface area contributed by atoms with E-state index in [1.54, 1.807) is 0 Å². The lowest BCUT2D eigenvalue weighted by Crippen LogP contribution is -2.22. The van der Waals surface area contributed by atoms with Crippen molar-refractivity contribution in [3.63, 3.8) is 0 Å². The lowest BCUT2D eigenvalue weighted by atomic mass is 10.1. The van der Waals surface area contributed by atoms with Gasteiger partial charge in [0, 0.05) is 26.2 Å². The lowest BCUT2D eigenvalue weighted by molar-refractivity contribution is 0.247. The van der Waals surface area contributed by atoms with E-state index in [1.165, 1.54) is 27.8 Å². The Labute approximate surface area is 191 Å². The third-order valence-corrected chi connectivity index (χ3v) is 5.47. The van der Waals surface area contributed by atoms with Gasteiger partial charge < -0.3 is 10.5 Å². The van der Waals surface area contributed by atoms with Crippen LogP contribution in [0.25, 0.3) is 0 Å². The molecule has 0 saturated carbocycles. The number of aryl methyl sites for hydroxylation is 1. The van der Waals surface area contributed by atoms with Crippen molar-refractivity contribution >= 4 is 0 Å². The quantitative estimate of drug-likeness (QED) is 0.337. The van der Waals surface area contributed by atoms with Crippen molar-refractivity contribution in [2.45, 2.75) is 33.1 Å². The first-order valence-electron chi connectivity index (χ1n) is 11.1. The largest absolute Gasteiger partial charge is 0.457 e. The molecule has 0 radical (unpaired) electrons. The standard InChI is InChI=1S/C29H30N2O/c1-23-10-12-24(13-11-23)20-31(22-27-7-5-6-26(18-27)19-30)21-25-14-16-29(17-15-25)32-28-8-3-2-4-9-28/h2-18H,19-22,30H2,1H3. The maximum atomic E-state index is 5.94. The normalized spacial score (nSPS) is 11.0. The van der Waals surface area contributed by atoms with E-state index in [1.807, 2.05) is 42.5 Å². The van der Waals surface area contributed by atoms with Crippen molar-refractivity contribution in [3.05, 3.63) is 131 Å². The molecule has 3 nitrogen and oxygen atoms in total. The van der Waals surface area contributed by atoms with Gasteiger partial charge in [0.25, 0.3) is 0 Å². The minimum atomic E-state index is 0.564. The fourth-order valence-electron chi connectivity index (χ4n) is 3.78. The fraction of sp³-hybridized carbons (Fsp3) is 0.172. The number of para-hydroxylation sites is 1. The fourth-order valence-corrected chi connectivity index (χ4v) is 3.78. The van der Waals surface area contributed by atoms with Crippen LogP contribution in [0.15, 0.2) is 103 Å². The Morgan fingerprint density at radius 1 is 0.594 bits per heavy atom. The molecule has 0 saturated heterocycles. The molecule has 3 heteroatoms. The first-order valence-corrected chi connectivity index (χ1v) is 11.1. The van der Waals surface area contributed by atoms with Crippen LogP contribution in [-0.4, -0.2) is 4.90 Å². The van der Waals surface area contributed by atoms with Crippen molar-refractivity contribution in [2.75, 3.05) is 0 Å². The van der Waals surface area contributed by atoms with Crippen molar-refractivity contribution in [3.8, 4) is 11.5 Å². The molecule has 0 aromatic heterocycles. The number of ether oxygens (including phenoxy) is 1. The molecule has 2 N–H and O–H groups in total. The second-order valence-corrected chi connectivity index (χ2v) is 8.21. The van der Waals surface area contributed by atoms with Gasteiger partial charge in [-0.15, -0.1) is 0 Å². The molecule has 0 atom stereocenters. The molecule has 0 spiro atoms. The molecule has 4 aromatic rings. The summed E-state index contributed by atoms with van der Waals surface area (Å²) in [6.07, 6.45) is 0. The molecule has 0 aliphatic carbocycles. The van der Waals surface area contributed by atoms with Crippen LogP contribution in [0.3, 0.4) is 0 Å². The van der Waals surface area contributed by atoms with Crippen LogP contribution in [0.5, 0.6) is 11.5 Å². The molecule has 0 bridgehead atoms. The number of hydrogen-bond donors (Lipinski definition) is 1. The van der Waals surface area contributed by atoms with Crippen molar-refractivity contribution in [1.29, 1.82) is 0 Å². The zero-order valence-electron chi connectivity index (χ0n) is 18.6. The SMILES string of the molecule is Cc1ccc(CN(Cc2ccc(Oc3ccccc3)cc2)Cc2cccc(CN)c2)cc1. The Hall–Kier alpha value is -3.40. The zero-order chi connectivity index (χ0) is 22.2. The van der Waals surface area contributed by atoms with Crippen LogP contribution in [0.4, 0.5) is 0 Å². The molecule has 4 rings (SSSR count). The topological polar surface area (TPSA) is 38.5 Å². The van der Waals surface area contributed by atoms with Gasteiger partial charge in [0.15, 0.2) is 0 Å². The van der Waals surface area contributed by atoms with Crippen LogP contribution >= 0.6 is 0 Å². The summed E-state index contributed by atoms with van der Waals surface area (Å²) in [4.78, 5) is 2.47. The summed E-state index contributed by atoms with van der Waals surface area (Å²) in [5.74, 6) is 1.70. The molecule has 32 heavy (non-hydrogen) atoms. The van der Waals surface area contributed by atoms with E-state index < -0.39 is 0 Å². The van der Waals surface area contributed by atoms with E-state index in [0.29, 0.717) is 6.54 Å². The van der Waals surface area contributed by atoms with E-state index in [0.717, 1.165) is 31.1 Å². The van der Waals surface area contributed by atoms with Gasteiger partial charge in [-0.2, -0.15) is 0 Å². The van der Waals surface area contributed by atoms with Crippen LogP contribution in [0, 0.1) is 6.92 Å². The number of nitrogens with zero attached hydrogens (tertiary/aromatic N) is 1. The number of benzene rings is 4. The zero-order valence-corrected chi connectivity index (χ0v) is 18.6. The number of rotatable bonds is 9. The summed E-state index contributed by atoms with van der Waals surface area (Å²) < 4.78 is 5.94. The van der Waals surface area contributed by atoms with E-state index >= 15 is 0 Å².